The van der Waals surface area contributed by atoms with Crippen LogP contribution < -0.4 is 5.32 Å². The van der Waals surface area contributed by atoms with Crippen molar-refractivity contribution in [2.24, 2.45) is 5.92 Å². The highest BCUT2D eigenvalue weighted by molar-refractivity contribution is 7.89. The monoisotopic (exact) mass is 312 g/mol. The molecular formula is C14H24N4O2S. The lowest BCUT2D eigenvalue weighted by molar-refractivity contribution is 0.263. The number of likely N-dealkylation sites (N-methyl/N-ethyl adjacent to an activating group) is 1. The van der Waals surface area contributed by atoms with E-state index in [0.717, 1.165) is 5.56 Å². The van der Waals surface area contributed by atoms with Gasteiger partial charge in [0.25, 0.3) is 10.0 Å². The van der Waals surface area contributed by atoms with Crippen molar-refractivity contribution in [2.45, 2.75) is 24.5 Å². The fraction of sp³-hybridized carbons (Fsp3) is 0.643. The van der Waals surface area contributed by atoms with Crippen LogP contribution in [0.25, 0.3) is 0 Å². The fourth-order valence-corrected chi connectivity index (χ4v) is 4.25. The number of nitrogens with zero attached hydrogens (tertiary/aromatic N) is 3. The average molecular weight is 312 g/mol. The SMILES string of the molecule is CNCc1ccc(S(=O)(=O)N2CC(C)C(N(C)C)C2)nc1. The van der Waals surface area contributed by atoms with Gasteiger partial charge in [-0.3, -0.25) is 0 Å². The van der Waals surface area contributed by atoms with Crippen molar-refractivity contribution < 1.29 is 8.42 Å². The third kappa shape index (κ3) is 3.42. The first-order valence-electron chi connectivity index (χ1n) is 7.12. The lowest BCUT2D eigenvalue weighted by Crippen LogP contribution is -2.36. The summed E-state index contributed by atoms with van der Waals surface area (Å²) in [4.78, 5) is 6.21. The third-order valence-electron chi connectivity index (χ3n) is 3.99. The number of hydrogen-bond acceptors (Lipinski definition) is 5. The van der Waals surface area contributed by atoms with E-state index in [1.165, 1.54) is 0 Å². The topological polar surface area (TPSA) is 65.5 Å². The molecule has 1 aromatic rings. The van der Waals surface area contributed by atoms with Crippen LogP contribution in [0.2, 0.25) is 0 Å². The maximum absolute atomic E-state index is 12.6. The Balaban J connectivity index is 2.19. The standard InChI is InChI=1S/C14H24N4O2S/c1-11-9-18(10-13(11)17(3)4)21(19,20)14-6-5-12(7-15-2)8-16-14/h5-6,8,11,13,15H,7,9-10H2,1-4H3. The molecule has 1 fully saturated rings. The largest absolute Gasteiger partial charge is 0.316 e. The molecule has 7 heteroatoms. The minimum Gasteiger partial charge on any atom is -0.316 e. The van der Waals surface area contributed by atoms with Crippen molar-refractivity contribution in [2.75, 3.05) is 34.2 Å². The Morgan fingerprint density at radius 1 is 1.38 bits per heavy atom. The van der Waals surface area contributed by atoms with Gasteiger partial charge in [-0.05, 0) is 38.7 Å². The van der Waals surface area contributed by atoms with E-state index >= 15 is 0 Å². The molecule has 0 aromatic carbocycles. The molecule has 2 atom stereocenters. The molecule has 21 heavy (non-hydrogen) atoms. The molecule has 2 unspecified atom stereocenters. The van der Waals surface area contributed by atoms with E-state index < -0.39 is 10.0 Å². The summed E-state index contributed by atoms with van der Waals surface area (Å²) in [5.41, 5.74) is 0.970. The second-order valence-electron chi connectivity index (χ2n) is 5.87. The third-order valence-corrected chi connectivity index (χ3v) is 5.73. The highest BCUT2D eigenvalue weighted by atomic mass is 32.2. The summed E-state index contributed by atoms with van der Waals surface area (Å²) in [6, 6.07) is 3.65. The zero-order valence-corrected chi connectivity index (χ0v) is 13.9. The molecule has 0 amide bonds. The van der Waals surface area contributed by atoms with Gasteiger partial charge in [0.2, 0.25) is 0 Å². The zero-order valence-electron chi connectivity index (χ0n) is 13.1. The van der Waals surface area contributed by atoms with E-state index in [1.807, 2.05) is 21.1 Å². The van der Waals surface area contributed by atoms with Crippen molar-refractivity contribution in [3.63, 3.8) is 0 Å². The lowest BCUT2D eigenvalue weighted by Gasteiger charge is -2.22. The van der Waals surface area contributed by atoms with Crippen molar-refractivity contribution in [3.8, 4) is 0 Å². The first kappa shape index (κ1) is 16.4. The molecule has 2 heterocycles. The zero-order chi connectivity index (χ0) is 15.6. The average Bonchev–Trinajstić information content (AvgIpc) is 2.83. The smallest absolute Gasteiger partial charge is 0.260 e. The molecule has 0 saturated carbocycles. The van der Waals surface area contributed by atoms with Crippen molar-refractivity contribution in [1.82, 2.24) is 19.5 Å². The Bertz CT molecular complexity index is 571. The number of aromatic nitrogens is 1. The summed E-state index contributed by atoms with van der Waals surface area (Å²) in [6.07, 6.45) is 1.62. The number of hydrogen-bond donors (Lipinski definition) is 1. The summed E-state index contributed by atoms with van der Waals surface area (Å²) < 4.78 is 26.8. The Morgan fingerprint density at radius 2 is 2.10 bits per heavy atom. The highest BCUT2D eigenvalue weighted by Crippen LogP contribution is 2.25. The summed E-state index contributed by atoms with van der Waals surface area (Å²) in [5.74, 6) is 0.318. The first-order chi connectivity index (χ1) is 9.86. The molecule has 2 rings (SSSR count). The number of nitrogens with one attached hydrogen (secondary N) is 1. The van der Waals surface area contributed by atoms with E-state index in [4.69, 9.17) is 0 Å². The molecule has 0 aliphatic carbocycles. The van der Waals surface area contributed by atoms with Crippen molar-refractivity contribution >= 4 is 10.0 Å². The quantitative estimate of drug-likeness (QED) is 0.851. The van der Waals surface area contributed by atoms with Gasteiger partial charge in [0.15, 0.2) is 5.03 Å². The lowest BCUT2D eigenvalue weighted by atomic mass is 10.1. The molecule has 0 radical (unpaired) electrons. The molecule has 1 aliphatic rings. The van der Waals surface area contributed by atoms with Crippen LogP contribution in [-0.2, 0) is 16.6 Å². The molecule has 0 spiro atoms. The molecular weight excluding hydrogens is 288 g/mol. The van der Waals surface area contributed by atoms with Gasteiger partial charge in [-0.2, -0.15) is 4.31 Å². The van der Waals surface area contributed by atoms with Crippen LogP contribution in [0.4, 0.5) is 0 Å². The Hall–Kier alpha value is -1.02. The molecule has 1 saturated heterocycles. The Kier molecular flexibility index (Phi) is 4.98. The minimum atomic E-state index is -3.49. The van der Waals surface area contributed by atoms with Gasteiger partial charge in [0.1, 0.15) is 0 Å². The molecule has 6 nitrogen and oxygen atoms in total. The second-order valence-corrected chi connectivity index (χ2v) is 7.75. The minimum absolute atomic E-state index is 0.133. The molecule has 118 valence electrons. The maximum Gasteiger partial charge on any atom is 0.260 e. The first-order valence-corrected chi connectivity index (χ1v) is 8.56. The number of rotatable bonds is 5. The van der Waals surface area contributed by atoms with Crippen molar-refractivity contribution in [1.29, 1.82) is 0 Å². The molecule has 1 aliphatic heterocycles. The van der Waals surface area contributed by atoms with Gasteiger partial charge in [-0.25, -0.2) is 13.4 Å². The summed E-state index contributed by atoms with van der Waals surface area (Å²) in [5, 5.41) is 3.15. The van der Waals surface area contributed by atoms with Crippen molar-refractivity contribution in [3.05, 3.63) is 23.9 Å². The highest BCUT2D eigenvalue weighted by Gasteiger charge is 2.38. The predicted molar refractivity (Wildman–Crippen MR) is 82.4 cm³/mol. The van der Waals surface area contributed by atoms with Gasteiger partial charge in [0, 0.05) is 31.9 Å². The van der Waals surface area contributed by atoms with E-state index in [1.54, 1.807) is 22.6 Å². The van der Waals surface area contributed by atoms with Gasteiger partial charge in [0.05, 0.1) is 0 Å². The van der Waals surface area contributed by atoms with Gasteiger partial charge >= 0.3 is 0 Å². The van der Waals surface area contributed by atoms with Gasteiger partial charge in [-0.1, -0.05) is 13.0 Å². The van der Waals surface area contributed by atoms with Crippen LogP contribution in [0.5, 0.6) is 0 Å². The van der Waals surface area contributed by atoms with E-state index in [0.29, 0.717) is 25.6 Å². The predicted octanol–water partition coefficient (Wildman–Crippen LogP) is 0.372. The van der Waals surface area contributed by atoms with Crippen LogP contribution in [0.1, 0.15) is 12.5 Å². The van der Waals surface area contributed by atoms with Crippen LogP contribution in [0, 0.1) is 5.92 Å². The molecule has 0 bridgehead atoms. The van der Waals surface area contributed by atoms with E-state index in [9.17, 15) is 8.42 Å². The molecule has 1 N–H and O–H groups in total. The van der Waals surface area contributed by atoms with Crippen LogP contribution in [0.15, 0.2) is 23.4 Å². The number of pyridine rings is 1. The second kappa shape index (κ2) is 6.39. The summed E-state index contributed by atoms with van der Waals surface area (Å²) in [6.45, 7) is 3.84. The maximum atomic E-state index is 12.6. The number of sulfonamides is 1. The van der Waals surface area contributed by atoms with Crippen LogP contribution in [-0.4, -0.2) is 62.9 Å². The normalized spacial score (nSPS) is 23.9. The van der Waals surface area contributed by atoms with E-state index in [2.05, 4.69) is 22.1 Å². The van der Waals surface area contributed by atoms with Crippen LogP contribution in [0.3, 0.4) is 0 Å². The van der Waals surface area contributed by atoms with E-state index in [-0.39, 0.29) is 11.1 Å². The van der Waals surface area contributed by atoms with Crippen LogP contribution >= 0.6 is 0 Å². The Morgan fingerprint density at radius 3 is 2.57 bits per heavy atom. The Labute approximate surface area is 127 Å². The molecule has 1 aromatic heterocycles. The van der Waals surface area contributed by atoms with Gasteiger partial charge in [-0.15, -0.1) is 0 Å². The fourth-order valence-electron chi connectivity index (χ4n) is 2.78. The van der Waals surface area contributed by atoms with Gasteiger partial charge < -0.3 is 10.2 Å². The summed E-state index contributed by atoms with van der Waals surface area (Å²) >= 11 is 0. The summed E-state index contributed by atoms with van der Waals surface area (Å²) in [7, 11) is 2.33.